The summed E-state index contributed by atoms with van der Waals surface area (Å²) in [6.45, 7) is -0.0409. The normalized spacial score (nSPS) is 11.3. The molecule has 1 N–H and O–H groups in total. The number of ether oxygens (including phenoxy) is 1. The Morgan fingerprint density at radius 1 is 0.962 bits per heavy atom. The van der Waals surface area contributed by atoms with Gasteiger partial charge in [-0.25, -0.2) is 26.9 Å². The van der Waals surface area contributed by atoms with Gasteiger partial charge in [-0.15, -0.1) is 0 Å². The largest absolute Gasteiger partial charge is 0.439 e. The second-order valence-corrected chi connectivity index (χ2v) is 7.08. The number of nitrogens with zero attached hydrogens (tertiary/aromatic N) is 1. The lowest BCUT2D eigenvalue weighted by molar-refractivity contribution is 0.462. The van der Waals surface area contributed by atoms with Gasteiger partial charge in [0.25, 0.3) is 0 Å². The van der Waals surface area contributed by atoms with Crippen LogP contribution in [0.1, 0.15) is 5.56 Å². The topological polar surface area (TPSA) is 68.3 Å². The Morgan fingerprint density at radius 2 is 1.81 bits per heavy atom. The molecule has 0 fully saturated rings. The van der Waals surface area contributed by atoms with Crippen LogP contribution in [-0.2, 0) is 16.6 Å². The van der Waals surface area contributed by atoms with Gasteiger partial charge in [-0.3, -0.25) is 0 Å². The average molecular weight is 376 g/mol. The molecule has 0 aliphatic rings. The van der Waals surface area contributed by atoms with Crippen molar-refractivity contribution in [1.82, 2.24) is 9.71 Å². The second kappa shape index (κ2) is 7.59. The quantitative estimate of drug-likeness (QED) is 0.713. The van der Waals surface area contributed by atoms with Crippen molar-refractivity contribution in [3.05, 3.63) is 84.1 Å². The van der Waals surface area contributed by atoms with Crippen LogP contribution in [0.3, 0.4) is 0 Å². The van der Waals surface area contributed by atoms with Gasteiger partial charge in [0.05, 0.1) is 4.90 Å². The summed E-state index contributed by atoms with van der Waals surface area (Å²) >= 11 is 0. The fourth-order valence-electron chi connectivity index (χ4n) is 2.15. The zero-order valence-corrected chi connectivity index (χ0v) is 14.2. The molecule has 1 aromatic heterocycles. The number of rotatable bonds is 6. The highest BCUT2D eigenvalue weighted by molar-refractivity contribution is 7.89. The van der Waals surface area contributed by atoms with E-state index in [-0.39, 0.29) is 11.4 Å². The van der Waals surface area contributed by atoms with Crippen LogP contribution in [0, 0.1) is 11.6 Å². The molecule has 26 heavy (non-hydrogen) atoms. The zero-order chi connectivity index (χ0) is 18.6. The maximum Gasteiger partial charge on any atom is 0.240 e. The highest BCUT2D eigenvalue weighted by Gasteiger charge is 2.16. The lowest BCUT2D eigenvalue weighted by Gasteiger charge is -2.09. The van der Waals surface area contributed by atoms with Crippen molar-refractivity contribution in [1.29, 1.82) is 0 Å². The van der Waals surface area contributed by atoms with Gasteiger partial charge in [0.15, 0.2) is 11.6 Å². The Hall–Kier alpha value is -2.84. The van der Waals surface area contributed by atoms with Crippen molar-refractivity contribution in [2.75, 3.05) is 0 Å². The minimum Gasteiger partial charge on any atom is -0.439 e. The predicted molar refractivity (Wildman–Crippen MR) is 91.1 cm³/mol. The third-order valence-electron chi connectivity index (χ3n) is 3.43. The summed E-state index contributed by atoms with van der Waals surface area (Å²) in [5, 5.41) is 0. The summed E-state index contributed by atoms with van der Waals surface area (Å²) in [5.41, 5.74) is 0.629. The van der Waals surface area contributed by atoms with Gasteiger partial charge >= 0.3 is 0 Å². The lowest BCUT2D eigenvalue weighted by Crippen LogP contribution is -2.23. The molecule has 0 saturated carbocycles. The van der Waals surface area contributed by atoms with E-state index in [9.17, 15) is 17.2 Å². The van der Waals surface area contributed by atoms with E-state index in [0.29, 0.717) is 23.3 Å². The molecule has 134 valence electrons. The summed E-state index contributed by atoms with van der Waals surface area (Å²) < 4.78 is 58.5. The van der Waals surface area contributed by atoms with Gasteiger partial charge in [0.1, 0.15) is 5.75 Å². The Kier molecular flexibility index (Phi) is 5.24. The molecule has 0 spiro atoms. The van der Waals surface area contributed by atoms with Crippen LogP contribution >= 0.6 is 0 Å². The molecule has 2 aromatic carbocycles. The molecule has 8 heteroatoms. The standard InChI is InChI=1S/C18H14F2N2O3S/c19-16-8-7-15(11-17(16)20)26(23,24)22-12-13-4-3-5-14(10-13)25-18-6-1-2-9-21-18/h1-11,22H,12H2. The van der Waals surface area contributed by atoms with Crippen LogP contribution in [-0.4, -0.2) is 13.4 Å². The molecular formula is C18H14F2N2O3S. The molecule has 0 atom stereocenters. The van der Waals surface area contributed by atoms with Crippen molar-refractivity contribution < 1.29 is 21.9 Å². The molecule has 0 amide bonds. The second-order valence-electron chi connectivity index (χ2n) is 5.32. The first-order valence-corrected chi connectivity index (χ1v) is 9.05. The number of hydrogen-bond acceptors (Lipinski definition) is 4. The molecule has 5 nitrogen and oxygen atoms in total. The first-order valence-electron chi connectivity index (χ1n) is 7.56. The van der Waals surface area contributed by atoms with Gasteiger partial charge in [-0.05, 0) is 42.0 Å². The number of halogens is 2. The van der Waals surface area contributed by atoms with Crippen LogP contribution in [0.2, 0.25) is 0 Å². The van der Waals surface area contributed by atoms with Gasteiger partial charge in [0, 0.05) is 18.8 Å². The highest BCUT2D eigenvalue weighted by atomic mass is 32.2. The Balaban J connectivity index is 1.71. The van der Waals surface area contributed by atoms with E-state index in [1.54, 1.807) is 48.7 Å². The minimum atomic E-state index is -3.98. The van der Waals surface area contributed by atoms with Crippen molar-refractivity contribution in [3.8, 4) is 11.6 Å². The maximum atomic E-state index is 13.2. The zero-order valence-electron chi connectivity index (χ0n) is 13.4. The number of hydrogen-bond donors (Lipinski definition) is 1. The van der Waals surface area contributed by atoms with Gasteiger partial charge < -0.3 is 4.74 Å². The monoisotopic (exact) mass is 376 g/mol. The highest BCUT2D eigenvalue weighted by Crippen LogP contribution is 2.20. The summed E-state index contributed by atoms with van der Waals surface area (Å²) in [5.74, 6) is -1.43. The van der Waals surface area contributed by atoms with Gasteiger partial charge in [-0.2, -0.15) is 0 Å². The van der Waals surface area contributed by atoms with E-state index < -0.39 is 21.7 Å². The third-order valence-corrected chi connectivity index (χ3v) is 4.83. The number of benzene rings is 2. The molecular weight excluding hydrogens is 362 g/mol. The summed E-state index contributed by atoms with van der Waals surface area (Å²) in [7, 11) is -3.98. The van der Waals surface area contributed by atoms with Gasteiger partial charge in [0.2, 0.25) is 15.9 Å². The van der Waals surface area contributed by atoms with Crippen LogP contribution in [0.4, 0.5) is 8.78 Å². The van der Waals surface area contributed by atoms with Crippen molar-refractivity contribution >= 4 is 10.0 Å². The molecule has 3 aromatic rings. The summed E-state index contributed by atoms with van der Waals surface area (Å²) in [6, 6.07) is 14.4. The molecule has 3 rings (SSSR count). The average Bonchev–Trinajstić information content (AvgIpc) is 2.63. The Labute approximate surface area is 149 Å². The van der Waals surface area contributed by atoms with E-state index in [4.69, 9.17) is 4.74 Å². The lowest BCUT2D eigenvalue weighted by atomic mass is 10.2. The first kappa shape index (κ1) is 18.0. The predicted octanol–water partition coefficient (Wildman–Crippen LogP) is 3.63. The molecule has 0 saturated heterocycles. The molecule has 0 radical (unpaired) electrons. The van der Waals surface area contributed by atoms with Crippen LogP contribution in [0.5, 0.6) is 11.6 Å². The van der Waals surface area contributed by atoms with Crippen molar-refractivity contribution in [3.63, 3.8) is 0 Å². The van der Waals surface area contributed by atoms with E-state index in [2.05, 4.69) is 9.71 Å². The van der Waals surface area contributed by atoms with Crippen molar-refractivity contribution in [2.24, 2.45) is 0 Å². The van der Waals surface area contributed by atoms with E-state index in [1.807, 2.05) is 0 Å². The van der Waals surface area contributed by atoms with Gasteiger partial charge in [-0.1, -0.05) is 18.2 Å². The smallest absolute Gasteiger partial charge is 0.240 e. The minimum absolute atomic E-state index is 0.0409. The maximum absolute atomic E-state index is 13.2. The summed E-state index contributed by atoms with van der Waals surface area (Å²) in [6.07, 6.45) is 1.59. The number of pyridine rings is 1. The summed E-state index contributed by atoms with van der Waals surface area (Å²) in [4.78, 5) is 3.69. The molecule has 0 bridgehead atoms. The number of nitrogens with one attached hydrogen (secondary N) is 1. The molecule has 0 aliphatic heterocycles. The van der Waals surface area contributed by atoms with Crippen molar-refractivity contribution in [2.45, 2.75) is 11.4 Å². The third kappa shape index (κ3) is 4.41. The van der Waals surface area contributed by atoms with E-state index >= 15 is 0 Å². The molecule has 0 aliphatic carbocycles. The van der Waals surface area contributed by atoms with Crippen LogP contribution < -0.4 is 9.46 Å². The number of sulfonamides is 1. The van der Waals surface area contributed by atoms with E-state index in [1.165, 1.54) is 0 Å². The van der Waals surface area contributed by atoms with Crippen LogP contribution in [0.15, 0.2) is 71.8 Å². The van der Waals surface area contributed by atoms with Crippen LogP contribution in [0.25, 0.3) is 0 Å². The Morgan fingerprint density at radius 3 is 2.54 bits per heavy atom. The SMILES string of the molecule is O=S(=O)(NCc1cccc(Oc2ccccn2)c1)c1ccc(F)c(F)c1. The fourth-order valence-corrected chi connectivity index (χ4v) is 3.18. The number of aromatic nitrogens is 1. The fraction of sp³-hybridized carbons (Fsp3) is 0.0556. The van der Waals surface area contributed by atoms with E-state index in [0.717, 1.165) is 12.1 Å². The first-order chi connectivity index (χ1) is 12.4. The Bertz CT molecular complexity index is 1010. The molecule has 0 unspecified atom stereocenters. The molecule has 1 heterocycles.